The maximum atomic E-state index is 14.1. The second-order valence-corrected chi connectivity index (χ2v) is 14.5. The molecule has 2 heterocycles. The standard InChI is InChI=1S/C37H50N2O8S/c1-5-28-9-12-30(13-10-28)37-35(46-24-29-11-16-34-33(21-29)38(18-20-45-34)17-6-19-43-3)22-39(23-36(37)47-26-31(40)25-44-4)48(41,42)32-14-7-27(2)8-15-32/h7-16,21,31,35-37,40H,5-6,17-20,22-26H2,1-4H3/t31-,35+,36-,37-/m1/s1. The fourth-order valence-corrected chi connectivity index (χ4v) is 7.90. The van der Waals surface area contributed by atoms with Crippen molar-refractivity contribution < 1.29 is 37.2 Å². The third-order valence-electron chi connectivity index (χ3n) is 9.08. The van der Waals surface area contributed by atoms with Crippen LogP contribution >= 0.6 is 0 Å². The van der Waals surface area contributed by atoms with Crippen LogP contribution in [0, 0.1) is 6.92 Å². The topological polar surface area (TPSA) is 107 Å². The third kappa shape index (κ3) is 8.95. The van der Waals surface area contributed by atoms with Crippen LogP contribution in [0.4, 0.5) is 5.69 Å². The predicted molar refractivity (Wildman–Crippen MR) is 185 cm³/mol. The Morgan fingerprint density at radius 1 is 0.917 bits per heavy atom. The monoisotopic (exact) mass is 682 g/mol. The molecule has 0 aromatic heterocycles. The van der Waals surface area contributed by atoms with Gasteiger partial charge in [0, 0.05) is 46.4 Å². The molecule has 1 fully saturated rings. The first kappa shape index (κ1) is 36.3. The van der Waals surface area contributed by atoms with Gasteiger partial charge in [0.15, 0.2) is 0 Å². The zero-order valence-corrected chi connectivity index (χ0v) is 29.4. The van der Waals surface area contributed by atoms with Crippen molar-refractivity contribution in [2.24, 2.45) is 0 Å². The summed E-state index contributed by atoms with van der Waals surface area (Å²) in [6.45, 7) is 7.63. The summed E-state index contributed by atoms with van der Waals surface area (Å²) < 4.78 is 59.0. The van der Waals surface area contributed by atoms with Crippen LogP contribution in [0.25, 0.3) is 0 Å². The van der Waals surface area contributed by atoms with Crippen molar-refractivity contribution in [3.8, 4) is 5.75 Å². The molecule has 11 heteroatoms. The number of nitrogens with zero attached hydrogens (tertiary/aromatic N) is 2. The summed E-state index contributed by atoms with van der Waals surface area (Å²) in [4.78, 5) is 2.53. The Kier molecular flexibility index (Phi) is 12.9. The molecule has 0 spiro atoms. The van der Waals surface area contributed by atoms with Crippen LogP contribution in [0.15, 0.2) is 71.6 Å². The summed E-state index contributed by atoms with van der Waals surface area (Å²) in [5.74, 6) is 0.550. The summed E-state index contributed by atoms with van der Waals surface area (Å²) in [5, 5.41) is 10.5. The normalized spacial score (nSPS) is 20.7. The van der Waals surface area contributed by atoms with Gasteiger partial charge in [-0.15, -0.1) is 0 Å². The van der Waals surface area contributed by atoms with Gasteiger partial charge in [-0.05, 0) is 60.7 Å². The predicted octanol–water partition coefficient (Wildman–Crippen LogP) is 4.56. The van der Waals surface area contributed by atoms with Crippen molar-refractivity contribution in [1.29, 1.82) is 0 Å². The van der Waals surface area contributed by atoms with Crippen molar-refractivity contribution >= 4 is 15.7 Å². The van der Waals surface area contributed by atoms with E-state index in [1.165, 1.54) is 17.0 Å². The highest BCUT2D eigenvalue weighted by atomic mass is 32.2. The molecule has 0 aliphatic carbocycles. The van der Waals surface area contributed by atoms with E-state index in [0.717, 1.165) is 54.1 Å². The first-order chi connectivity index (χ1) is 23.2. The number of hydrogen-bond donors (Lipinski definition) is 1. The molecule has 0 radical (unpaired) electrons. The van der Waals surface area contributed by atoms with Crippen LogP contribution in [-0.4, -0.2) is 103 Å². The van der Waals surface area contributed by atoms with E-state index >= 15 is 0 Å². The molecular formula is C37H50N2O8S. The lowest BCUT2D eigenvalue weighted by molar-refractivity contribution is -0.0997. The quantitative estimate of drug-likeness (QED) is 0.218. The third-order valence-corrected chi connectivity index (χ3v) is 10.9. The van der Waals surface area contributed by atoms with Crippen molar-refractivity contribution in [3.05, 3.63) is 89.0 Å². The molecule has 3 aromatic carbocycles. The first-order valence-electron chi connectivity index (χ1n) is 16.8. The number of sulfonamides is 1. The summed E-state index contributed by atoms with van der Waals surface area (Å²) in [7, 11) is -0.637. The van der Waals surface area contributed by atoms with E-state index in [2.05, 4.69) is 42.2 Å². The van der Waals surface area contributed by atoms with E-state index in [1.54, 1.807) is 31.4 Å². The van der Waals surface area contributed by atoms with Gasteiger partial charge in [-0.2, -0.15) is 4.31 Å². The van der Waals surface area contributed by atoms with Crippen LogP contribution in [0.2, 0.25) is 0 Å². The highest BCUT2D eigenvalue weighted by molar-refractivity contribution is 7.89. The Labute approximate surface area is 285 Å². The summed E-state index contributed by atoms with van der Waals surface area (Å²) in [6.07, 6.45) is -0.173. The van der Waals surface area contributed by atoms with E-state index in [0.29, 0.717) is 13.2 Å². The second kappa shape index (κ2) is 17.1. The zero-order valence-electron chi connectivity index (χ0n) is 28.5. The molecule has 1 N–H and O–H groups in total. The summed E-state index contributed by atoms with van der Waals surface area (Å²) >= 11 is 0. The Hall–Kier alpha value is -3.03. The zero-order chi connectivity index (χ0) is 34.1. The number of aliphatic hydroxyl groups is 1. The van der Waals surface area contributed by atoms with Gasteiger partial charge < -0.3 is 33.7 Å². The molecule has 2 aliphatic heterocycles. The van der Waals surface area contributed by atoms with Gasteiger partial charge in [-0.3, -0.25) is 0 Å². The smallest absolute Gasteiger partial charge is 0.243 e. The van der Waals surface area contributed by atoms with Gasteiger partial charge in [0.25, 0.3) is 0 Å². The number of piperidine rings is 1. The lowest BCUT2D eigenvalue weighted by Gasteiger charge is -2.43. The number of ether oxygens (including phenoxy) is 5. The molecule has 10 nitrogen and oxygen atoms in total. The number of methoxy groups -OCH3 is 2. The number of rotatable bonds is 16. The molecule has 0 saturated carbocycles. The van der Waals surface area contributed by atoms with Gasteiger partial charge in [0.05, 0.1) is 49.2 Å². The van der Waals surface area contributed by atoms with Gasteiger partial charge in [0.2, 0.25) is 10.0 Å². The molecule has 5 rings (SSSR count). The molecule has 1 saturated heterocycles. The minimum atomic E-state index is -3.87. The van der Waals surface area contributed by atoms with E-state index < -0.39 is 28.3 Å². The highest BCUT2D eigenvalue weighted by Crippen LogP contribution is 2.37. The van der Waals surface area contributed by atoms with Crippen LogP contribution in [0.3, 0.4) is 0 Å². The first-order valence-corrected chi connectivity index (χ1v) is 18.2. The van der Waals surface area contributed by atoms with Crippen molar-refractivity contribution in [2.45, 2.75) is 62.4 Å². The average Bonchev–Trinajstić information content (AvgIpc) is 3.10. The number of aryl methyl sites for hydroxylation is 2. The maximum absolute atomic E-state index is 14.1. The van der Waals surface area contributed by atoms with Crippen LogP contribution in [0.1, 0.15) is 41.5 Å². The lowest BCUT2D eigenvalue weighted by Crippen LogP contribution is -2.54. The number of anilines is 1. The fraction of sp³-hybridized carbons (Fsp3) is 0.514. The van der Waals surface area contributed by atoms with Crippen molar-refractivity contribution in [3.63, 3.8) is 0 Å². The minimum absolute atomic E-state index is 0.00306. The molecule has 0 unspecified atom stereocenters. The minimum Gasteiger partial charge on any atom is -0.490 e. The number of hydrogen-bond acceptors (Lipinski definition) is 9. The fourth-order valence-electron chi connectivity index (χ4n) is 6.43. The Morgan fingerprint density at radius 2 is 1.62 bits per heavy atom. The van der Waals surface area contributed by atoms with Gasteiger partial charge in [-0.25, -0.2) is 8.42 Å². The van der Waals surface area contributed by atoms with Crippen LogP contribution < -0.4 is 9.64 Å². The number of aliphatic hydroxyl groups excluding tert-OH is 1. The summed E-state index contributed by atoms with van der Waals surface area (Å²) in [6, 6.07) is 21.3. The number of benzene rings is 3. The second-order valence-electron chi connectivity index (χ2n) is 12.6. The number of fused-ring (bicyclic) bond motifs is 1. The molecule has 0 amide bonds. The van der Waals surface area contributed by atoms with E-state index in [-0.39, 0.29) is 43.7 Å². The molecular weight excluding hydrogens is 632 g/mol. The van der Waals surface area contributed by atoms with E-state index in [1.807, 2.05) is 19.1 Å². The van der Waals surface area contributed by atoms with Crippen molar-refractivity contribution in [2.75, 3.05) is 71.7 Å². The van der Waals surface area contributed by atoms with Gasteiger partial charge in [-0.1, -0.05) is 55.0 Å². The Bertz CT molecular complexity index is 1550. The molecule has 4 atom stereocenters. The Morgan fingerprint density at radius 3 is 2.31 bits per heavy atom. The Balaban J connectivity index is 1.46. The SMILES string of the molecule is CCc1ccc([C@@H]2[C@@H](OCc3ccc4c(c3)N(CCCOC)CCO4)CN(S(=O)(=O)c3ccc(C)cc3)C[C@H]2OC[C@H](O)COC)cc1. The van der Waals surface area contributed by atoms with Gasteiger partial charge in [0.1, 0.15) is 18.5 Å². The summed E-state index contributed by atoms with van der Waals surface area (Å²) in [5.41, 5.74) is 5.16. The van der Waals surface area contributed by atoms with Gasteiger partial charge >= 0.3 is 0 Å². The maximum Gasteiger partial charge on any atom is 0.243 e. The van der Waals surface area contributed by atoms with Crippen LogP contribution in [-0.2, 0) is 42.0 Å². The molecule has 3 aromatic rings. The molecule has 48 heavy (non-hydrogen) atoms. The highest BCUT2D eigenvalue weighted by Gasteiger charge is 2.44. The van der Waals surface area contributed by atoms with E-state index in [4.69, 9.17) is 23.7 Å². The van der Waals surface area contributed by atoms with Crippen LogP contribution in [0.5, 0.6) is 5.75 Å². The molecule has 2 aliphatic rings. The van der Waals surface area contributed by atoms with E-state index in [9.17, 15) is 13.5 Å². The molecule has 0 bridgehead atoms. The largest absolute Gasteiger partial charge is 0.490 e. The molecule has 262 valence electrons. The lowest BCUT2D eigenvalue weighted by atomic mass is 9.84. The average molecular weight is 683 g/mol. The van der Waals surface area contributed by atoms with Crippen molar-refractivity contribution in [1.82, 2.24) is 4.31 Å².